The van der Waals surface area contributed by atoms with Crippen molar-refractivity contribution in [3.05, 3.63) is 29.8 Å². The lowest BCUT2D eigenvalue weighted by molar-refractivity contribution is -0.121. The van der Waals surface area contributed by atoms with Gasteiger partial charge >= 0.3 is 0 Å². The van der Waals surface area contributed by atoms with Crippen LogP contribution in [0.3, 0.4) is 0 Å². The van der Waals surface area contributed by atoms with Crippen molar-refractivity contribution in [3.8, 4) is 0 Å². The van der Waals surface area contributed by atoms with E-state index < -0.39 is 0 Å². The van der Waals surface area contributed by atoms with E-state index in [-0.39, 0.29) is 11.8 Å². The Balaban J connectivity index is 1.92. The number of nitrogens with zero attached hydrogens (tertiary/aromatic N) is 1. The fourth-order valence-electron chi connectivity index (χ4n) is 3.09. The minimum atomic E-state index is -0.0315. The maximum Gasteiger partial charge on any atom is 0.223 e. The van der Waals surface area contributed by atoms with Crippen molar-refractivity contribution in [1.29, 1.82) is 0 Å². The number of rotatable bonds is 6. The molecule has 4 nitrogen and oxygen atoms in total. The SMILES string of the molecule is CC(=O)N(CCC(=O)NC1CCCC1)c1ccc(C(C)C)cc1. The van der Waals surface area contributed by atoms with Gasteiger partial charge in [-0.25, -0.2) is 0 Å². The number of hydrogen-bond donors (Lipinski definition) is 1. The summed E-state index contributed by atoms with van der Waals surface area (Å²) in [6, 6.07) is 8.36. The van der Waals surface area contributed by atoms with Crippen molar-refractivity contribution < 1.29 is 9.59 Å². The van der Waals surface area contributed by atoms with Crippen LogP contribution in [0.2, 0.25) is 0 Å². The summed E-state index contributed by atoms with van der Waals surface area (Å²) in [7, 11) is 0. The van der Waals surface area contributed by atoms with E-state index in [4.69, 9.17) is 0 Å². The maximum atomic E-state index is 12.1. The fourth-order valence-corrected chi connectivity index (χ4v) is 3.09. The molecule has 1 N–H and O–H groups in total. The molecule has 0 radical (unpaired) electrons. The lowest BCUT2D eigenvalue weighted by atomic mass is 10.0. The first kappa shape index (κ1) is 17.5. The molecule has 4 heteroatoms. The second-order valence-electron chi connectivity index (χ2n) is 6.72. The molecular formula is C19H28N2O2. The number of amides is 2. The molecule has 0 unspecified atom stereocenters. The molecule has 0 atom stereocenters. The van der Waals surface area contributed by atoms with Crippen LogP contribution in [0.25, 0.3) is 0 Å². The van der Waals surface area contributed by atoms with Crippen LogP contribution in [-0.4, -0.2) is 24.4 Å². The third kappa shape index (κ3) is 5.08. The Bertz CT molecular complexity index is 531. The summed E-state index contributed by atoms with van der Waals surface area (Å²) in [6.07, 6.45) is 4.92. The van der Waals surface area contributed by atoms with Crippen molar-refractivity contribution in [3.63, 3.8) is 0 Å². The highest BCUT2D eigenvalue weighted by molar-refractivity contribution is 5.92. The number of anilines is 1. The number of carbonyl (C=O) groups is 2. The molecule has 1 aromatic rings. The molecule has 1 fully saturated rings. The molecule has 0 aromatic heterocycles. The zero-order chi connectivity index (χ0) is 16.8. The molecule has 0 bridgehead atoms. The fraction of sp³-hybridized carbons (Fsp3) is 0.579. The van der Waals surface area contributed by atoms with Gasteiger partial charge in [0.1, 0.15) is 0 Å². The Kier molecular flexibility index (Phi) is 6.20. The highest BCUT2D eigenvalue weighted by atomic mass is 16.2. The molecule has 0 aliphatic heterocycles. The van der Waals surface area contributed by atoms with Crippen LogP contribution < -0.4 is 10.2 Å². The topological polar surface area (TPSA) is 49.4 Å². The van der Waals surface area contributed by atoms with Crippen molar-refractivity contribution in [2.45, 2.75) is 64.8 Å². The lowest BCUT2D eigenvalue weighted by Gasteiger charge is -2.22. The van der Waals surface area contributed by atoms with Crippen LogP contribution in [0.4, 0.5) is 5.69 Å². The minimum absolute atomic E-state index is 0.0315. The van der Waals surface area contributed by atoms with E-state index in [0.717, 1.165) is 18.5 Å². The van der Waals surface area contributed by atoms with Crippen LogP contribution in [-0.2, 0) is 9.59 Å². The first-order valence-corrected chi connectivity index (χ1v) is 8.65. The number of benzene rings is 1. The Morgan fingerprint density at radius 2 is 1.78 bits per heavy atom. The van der Waals surface area contributed by atoms with E-state index >= 15 is 0 Å². The van der Waals surface area contributed by atoms with Crippen molar-refractivity contribution in [2.24, 2.45) is 0 Å². The molecule has 0 heterocycles. The average Bonchev–Trinajstić information content (AvgIpc) is 3.00. The monoisotopic (exact) mass is 316 g/mol. The standard InChI is InChI=1S/C19H28N2O2/c1-14(2)16-8-10-18(11-9-16)21(15(3)22)13-12-19(23)20-17-6-4-5-7-17/h8-11,14,17H,4-7,12-13H2,1-3H3,(H,20,23). The molecular weight excluding hydrogens is 288 g/mol. The molecule has 0 saturated heterocycles. The summed E-state index contributed by atoms with van der Waals surface area (Å²) in [5, 5.41) is 3.07. The maximum absolute atomic E-state index is 12.1. The summed E-state index contributed by atoms with van der Waals surface area (Å²) in [5.41, 5.74) is 2.10. The first-order valence-electron chi connectivity index (χ1n) is 8.65. The largest absolute Gasteiger partial charge is 0.353 e. The van der Waals surface area contributed by atoms with Crippen LogP contribution in [0.15, 0.2) is 24.3 Å². The van der Waals surface area contributed by atoms with E-state index in [1.165, 1.54) is 18.4 Å². The predicted molar refractivity (Wildman–Crippen MR) is 93.6 cm³/mol. The van der Waals surface area contributed by atoms with Gasteiger partial charge in [-0.1, -0.05) is 38.8 Å². The van der Waals surface area contributed by atoms with Gasteiger partial charge in [0.15, 0.2) is 0 Å². The third-order valence-electron chi connectivity index (χ3n) is 4.53. The molecule has 23 heavy (non-hydrogen) atoms. The van der Waals surface area contributed by atoms with Crippen LogP contribution in [0.1, 0.15) is 64.4 Å². The summed E-state index contributed by atoms with van der Waals surface area (Å²) in [4.78, 5) is 25.6. The van der Waals surface area contributed by atoms with Gasteiger partial charge in [-0.2, -0.15) is 0 Å². The summed E-state index contributed by atoms with van der Waals surface area (Å²) < 4.78 is 0. The normalized spacial score (nSPS) is 15.0. The Hall–Kier alpha value is -1.84. The molecule has 1 saturated carbocycles. The molecule has 1 aliphatic rings. The predicted octanol–water partition coefficient (Wildman–Crippen LogP) is 3.61. The Morgan fingerprint density at radius 1 is 1.17 bits per heavy atom. The second kappa shape index (κ2) is 8.14. The van der Waals surface area contributed by atoms with Gasteiger partial charge in [-0.15, -0.1) is 0 Å². The lowest BCUT2D eigenvalue weighted by Crippen LogP contribution is -2.37. The van der Waals surface area contributed by atoms with E-state index in [1.54, 1.807) is 11.8 Å². The smallest absolute Gasteiger partial charge is 0.223 e. The van der Waals surface area contributed by atoms with E-state index in [2.05, 4.69) is 31.3 Å². The van der Waals surface area contributed by atoms with Crippen LogP contribution in [0.5, 0.6) is 0 Å². The molecule has 0 spiro atoms. The average molecular weight is 316 g/mol. The van der Waals surface area contributed by atoms with Gasteiger partial charge in [0.25, 0.3) is 0 Å². The van der Waals surface area contributed by atoms with E-state index in [0.29, 0.717) is 24.9 Å². The highest BCUT2D eigenvalue weighted by Gasteiger charge is 2.18. The second-order valence-corrected chi connectivity index (χ2v) is 6.72. The number of nitrogens with one attached hydrogen (secondary N) is 1. The van der Waals surface area contributed by atoms with Crippen molar-refractivity contribution in [1.82, 2.24) is 5.32 Å². The zero-order valence-corrected chi connectivity index (χ0v) is 14.5. The van der Waals surface area contributed by atoms with Gasteiger partial charge in [0.05, 0.1) is 0 Å². The Morgan fingerprint density at radius 3 is 2.30 bits per heavy atom. The number of hydrogen-bond acceptors (Lipinski definition) is 2. The van der Waals surface area contributed by atoms with Crippen molar-refractivity contribution >= 4 is 17.5 Å². The van der Waals surface area contributed by atoms with Crippen LogP contribution >= 0.6 is 0 Å². The molecule has 1 aliphatic carbocycles. The molecule has 1 aromatic carbocycles. The van der Waals surface area contributed by atoms with Gasteiger partial charge in [0, 0.05) is 31.6 Å². The minimum Gasteiger partial charge on any atom is -0.353 e. The molecule has 2 rings (SSSR count). The molecule has 126 valence electrons. The zero-order valence-electron chi connectivity index (χ0n) is 14.5. The summed E-state index contributed by atoms with van der Waals surface area (Å²) in [6.45, 7) is 6.26. The summed E-state index contributed by atoms with van der Waals surface area (Å²) in [5.74, 6) is 0.477. The quantitative estimate of drug-likeness (QED) is 0.871. The molecule has 2 amide bonds. The van der Waals surface area contributed by atoms with Gasteiger partial charge < -0.3 is 10.2 Å². The highest BCUT2D eigenvalue weighted by Crippen LogP contribution is 2.21. The third-order valence-corrected chi connectivity index (χ3v) is 4.53. The van der Waals surface area contributed by atoms with Crippen LogP contribution in [0, 0.1) is 0 Å². The Labute approximate surface area is 139 Å². The first-order chi connectivity index (χ1) is 11.0. The van der Waals surface area contributed by atoms with Crippen molar-refractivity contribution in [2.75, 3.05) is 11.4 Å². The van der Waals surface area contributed by atoms with E-state index in [9.17, 15) is 9.59 Å². The van der Waals surface area contributed by atoms with Gasteiger partial charge in [-0.3, -0.25) is 9.59 Å². The summed E-state index contributed by atoms with van der Waals surface area (Å²) >= 11 is 0. The van der Waals surface area contributed by atoms with Gasteiger partial charge in [0.2, 0.25) is 11.8 Å². The van der Waals surface area contributed by atoms with Gasteiger partial charge in [-0.05, 0) is 36.5 Å². The number of carbonyl (C=O) groups excluding carboxylic acids is 2. The van der Waals surface area contributed by atoms with E-state index in [1.807, 2.05) is 12.1 Å².